The molecule has 7 nitrogen and oxygen atoms in total. The maximum atomic E-state index is 12.7. The van der Waals surface area contributed by atoms with Crippen LogP contribution in [0.4, 0.5) is 0 Å². The Labute approximate surface area is 154 Å². The Bertz CT molecular complexity index is 696. The number of nitrogens with one attached hydrogen (secondary N) is 1. The standard InChI is InChI=1S/C16H24N2O5S.ClH/c1-22-15-8-7-12(9-13(15)16(19)23-2)24(20,21)18-14-6-4-3-5-11(14)10-17;/h7-9,11,14,18H,3-6,10,17H2,1-2H3;1H. The van der Waals surface area contributed by atoms with Gasteiger partial charge >= 0.3 is 5.97 Å². The minimum absolute atomic E-state index is 0. The highest BCUT2D eigenvalue weighted by Gasteiger charge is 2.29. The van der Waals surface area contributed by atoms with E-state index in [0.717, 1.165) is 25.7 Å². The Balaban J connectivity index is 0.00000312. The SMILES string of the molecule is COC(=O)c1cc(S(=O)(=O)NC2CCCCC2CN)ccc1OC.Cl. The molecule has 142 valence electrons. The van der Waals surface area contributed by atoms with Crippen LogP contribution in [-0.4, -0.2) is 41.2 Å². The lowest BCUT2D eigenvalue weighted by Gasteiger charge is -2.31. The molecule has 0 heterocycles. The minimum Gasteiger partial charge on any atom is -0.496 e. The zero-order valence-corrected chi connectivity index (χ0v) is 16.0. The molecule has 0 aliphatic heterocycles. The summed E-state index contributed by atoms with van der Waals surface area (Å²) in [6, 6.07) is 3.95. The minimum atomic E-state index is -3.76. The zero-order chi connectivity index (χ0) is 17.7. The van der Waals surface area contributed by atoms with Crippen LogP contribution >= 0.6 is 12.4 Å². The Kier molecular flexibility index (Phi) is 8.14. The van der Waals surface area contributed by atoms with E-state index in [0.29, 0.717) is 6.54 Å². The average Bonchev–Trinajstić information content (AvgIpc) is 2.60. The number of hydrogen-bond acceptors (Lipinski definition) is 6. The second-order valence-corrected chi connectivity index (χ2v) is 7.58. The highest BCUT2D eigenvalue weighted by molar-refractivity contribution is 7.89. The molecule has 1 fully saturated rings. The molecule has 1 saturated carbocycles. The molecule has 0 bridgehead atoms. The largest absolute Gasteiger partial charge is 0.496 e. The third kappa shape index (κ3) is 5.07. The molecule has 3 N–H and O–H groups in total. The fourth-order valence-electron chi connectivity index (χ4n) is 3.04. The Morgan fingerprint density at radius 1 is 1.28 bits per heavy atom. The molecule has 2 atom stereocenters. The lowest BCUT2D eigenvalue weighted by atomic mass is 9.85. The molecular formula is C16H25ClN2O5S. The maximum absolute atomic E-state index is 12.7. The highest BCUT2D eigenvalue weighted by atomic mass is 35.5. The van der Waals surface area contributed by atoms with E-state index in [4.69, 9.17) is 10.5 Å². The molecular weight excluding hydrogens is 368 g/mol. The van der Waals surface area contributed by atoms with E-state index in [2.05, 4.69) is 9.46 Å². The van der Waals surface area contributed by atoms with Crippen LogP contribution in [0.25, 0.3) is 0 Å². The van der Waals surface area contributed by atoms with E-state index in [-0.39, 0.29) is 40.6 Å². The molecule has 1 aromatic rings. The quantitative estimate of drug-likeness (QED) is 0.713. The second-order valence-electron chi connectivity index (χ2n) is 5.86. The lowest BCUT2D eigenvalue weighted by Crippen LogP contribution is -2.44. The molecule has 0 radical (unpaired) electrons. The van der Waals surface area contributed by atoms with Crippen molar-refractivity contribution >= 4 is 28.4 Å². The number of nitrogens with two attached hydrogens (primary N) is 1. The smallest absolute Gasteiger partial charge is 0.341 e. The summed E-state index contributed by atoms with van der Waals surface area (Å²) in [6.45, 7) is 0.448. The molecule has 2 rings (SSSR count). The van der Waals surface area contributed by atoms with E-state index in [1.807, 2.05) is 0 Å². The predicted octanol–water partition coefficient (Wildman–Crippen LogP) is 1.70. The second kappa shape index (κ2) is 9.38. The van der Waals surface area contributed by atoms with Crippen molar-refractivity contribution in [2.24, 2.45) is 11.7 Å². The summed E-state index contributed by atoms with van der Waals surface area (Å²) >= 11 is 0. The van der Waals surface area contributed by atoms with Crippen molar-refractivity contribution in [3.8, 4) is 5.75 Å². The number of carbonyl (C=O) groups excluding carboxylic acids is 1. The molecule has 0 amide bonds. The van der Waals surface area contributed by atoms with Crippen molar-refractivity contribution in [2.75, 3.05) is 20.8 Å². The number of sulfonamides is 1. The summed E-state index contributed by atoms with van der Waals surface area (Å²) < 4.78 is 37.9. The third-order valence-electron chi connectivity index (χ3n) is 4.40. The Morgan fingerprint density at radius 3 is 2.56 bits per heavy atom. The number of esters is 1. The van der Waals surface area contributed by atoms with Gasteiger partial charge in [0, 0.05) is 6.04 Å². The van der Waals surface area contributed by atoms with Gasteiger partial charge in [0.1, 0.15) is 11.3 Å². The molecule has 0 spiro atoms. The summed E-state index contributed by atoms with van der Waals surface area (Å²) in [6.07, 6.45) is 3.72. The number of methoxy groups -OCH3 is 2. The van der Waals surface area contributed by atoms with Gasteiger partial charge in [0.15, 0.2) is 0 Å². The number of hydrogen-bond donors (Lipinski definition) is 2. The van der Waals surface area contributed by atoms with Gasteiger partial charge in [-0.25, -0.2) is 17.9 Å². The summed E-state index contributed by atoms with van der Waals surface area (Å²) in [7, 11) is -1.12. The van der Waals surface area contributed by atoms with Gasteiger partial charge in [0.2, 0.25) is 10.0 Å². The number of rotatable bonds is 6. The van der Waals surface area contributed by atoms with Crippen LogP contribution in [0.1, 0.15) is 36.0 Å². The van der Waals surface area contributed by atoms with Gasteiger partial charge in [-0.05, 0) is 43.5 Å². The molecule has 2 unspecified atom stereocenters. The van der Waals surface area contributed by atoms with Crippen LogP contribution in [0.5, 0.6) is 5.75 Å². The van der Waals surface area contributed by atoms with E-state index < -0.39 is 16.0 Å². The molecule has 9 heteroatoms. The van der Waals surface area contributed by atoms with Crippen molar-refractivity contribution in [3.63, 3.8) is 0 Å². The molecule has 0 aromatic heterocycles. The first-order valence-corrected chi connectivity index (χ1v) is 9.40. The van der Waals surface area contributed by atoms with Crippen molar-refractivity contribution < 1.29 is 22.7 Å². The Morgan fingerprint density at radius 2 is 1.96 bits per heavy atom. The van der Waals surface area contributed by atoms with Crippen LogP contribution in [0.2, 0.25) is 0 Å². The number of benzene rings is 1. The van der Waals surface area contributed by atoms with E-state index in [9.17, 15) is 13.2 Å². The molecule has 0 saturated heterocycles. The number of ether oxygens (including phenoxy) is 2. The summed E-state index contributed by atoms with van der Waals surface area (Å²) in [5.74, 6) is -0.258. The van der Waals surface area contributed by atoms with Gasteiger partial charge < -0.3 is 15.2 Å². The number of halogens is 1. The van der Waals surface area contributed by atoms with Crippen LogP contribution in [0.15, 0.2) is 23.1 Å². The first kappa shape index (κ1) is 21.7. The predicted molar refractivity (Wildman–Crippen MR) is 96.7 cm³/mol. The van der Waals surface area contributed by atoms with Crippen LogP contribution in [-0.2, 0) is 14.8 Å². The zero-order valence-electron chi connectivity index (χ0n) is 14.4. The monoisotopic (exact) mass is 392 g/mol. The number of carbonyl (C=O) groups is 1. The Hall–Kier alpha value is -1.35. The van der Waals surface area contributed by atoms with Gasteiger partial charge in [-0.15, -0.1) is 12.4 Å². The highest BCUT2D eigenvalue weighted by Crippen LogP contribution is 2.27. The van der Waals surface area contributed by atoms with Gasteiger partial charge in [-0.2, -0.15) is 0 Å². The normalized spacial score (nSPS) is 20.4. The van der Waals surface area contributed by atoms with E-state index in [1.165, 1.54) is 32.4 Å². The topological polar surface area (TPSA) is 108 Å². The molecule has 1 aliphatic carbocycles. The third-order valence-corrected chi connectivity index (χ3v) is 5.89. The fourth-order valence-corrected chi connectivity index (χ4v) is 4.40. The maximum Gasteiger partial charge on any atom is 0.341 e. The fraction of sp³-hybridized carbons (Fsp3) is 0.562. The van der Waals surface area contributed by atoms with Gasteiger partial charge in [-0.3, -0.25) is 0 Å². The molecule has 25 heavy (non-hydrogen) atoms. The van der Waals surface area contributed by atoms with Crippen molar-refractivity contribution in [3.05, 3.63) is 23.8 Å². The van der Waals surface area contributed by atoms with Gasteiger partial charge in [0.05, 0.1) is 19.1 Å². The average molecular weight is 393 g/mol. The lowest BCUT2D eigenvalue weighted by molar-refractivity contribution is 0.0597. The summed E-state index contributed by atoms with van der Waals surface area (Å²) in [4.78, 5) is 11.8. The first-order valence-electron chi connectivity index (χ1n) is 7.91. The molecule has 1 aliphatic rings. The molecule has 1 aromatic carbocycles. The van der Waals surface area contributed by atoms with E-state index >= 15 is 0 Å². The van der Waals surface area contributed by atoms with E-state index in [1.54, 1.807) is 0 Å². The summed E-state index contributed by atoms with van der Waals surface area (Å²) in [5.41, 5.74) is 5.83. The van der Waals surface area contributed by atoms with Crippen molar-refractivity contribution in [2.45, 2.75) is 36.6 Å². The first-order chi connectivity index (χ1) is 11.4. The van der Waals surface area contributed by atoms with Crippen molar-refractivity contribution in [1.82, 2.24) is 4.72 Å². The van der Waals surface area contributed by atoms with Gasteiger partial charge in [0.25, 0.3) is 0 Å². The van der Waals surface area contributed by atoms with Crippen molar-refractivity contribution in [1.29, 1.82) is 0 Å². The van der Waals surface area contributed by atoms with Gasteiger partial charge in [-0.1, -0.05) is 12.8 Å². The summed E-state index contributed by atoms with van der Waals surface area (Å²) in [5, 5.41) is 0. The van der Waals surface area contributed by atoms with Crippen LogP contribution in [0, 0.1) is 5.92 Å². The van der Waals surface area contributed by atoms with Crippen LogP contribution in [0.3, 0.4) is 0 Å². The van der Waals surface area contributed by atoms with Crippen LogP contribution < -0.4 is 15.2 Å².